The van der Waals surface area contributed by atoms with Crippen molar-refractivity contribution in [3.05, 3.63) is 65.1 Å². The monoisotopic (exact) mass is 381 g/mol. The highest BCUT2D eigenvalue weighted by molar-refractivity contribution is 7.15. The van der Waals surface area contributed by atoms with Gasteiger partial charge in [-0.1, -0.05) is 12.1 Å². The number of hydrogen-bond donors (Lipinski definition) is 1. The first kappa shape index (κ1) is 17.6. The Morgan fingerprint density at radius 1 is 1.26 bits per heavy atom. The van der Waals surface area contributed by atoms with E-state index in [0.29, 0.717) is 31.2 Å². The maximum atomic E-state index is 12.7. The minimum absolute atomic E-state index is 0.0866. The van der Waals surface area contributed by atoms with Gasteiger partial charge >= 0.3 is 0 Å². The SMILES string of the molecule is Cc1cnc(Nc2cccc(C3CN(C(=O)c4ccccn4)CCO3)n2)s1. The molecule has 7 nitrogen and oxygen atoms in total. The highest BCUT2D eigenvalue weighted by atomic mass is 32.1. The molecule has 3 aromatic heterocycles. The predicted octanol–water partition coefficient (Wildman–Crippen LogP) is 3.20. The van der Waals surface area contributed by atoms with Crippen molar-refractivity contribution in [2.24, 2.45) is 0 Å². The molecular formula is C19H19N5O2S. The number of rotatable bonds is 4. The highest BCUT2D eigenvalue weighted by Crippen LogP contribution is 2.25. The lowest BCUT2D eigenvalue weighted by Gasteiger charge is -2.32. The van der Waals surface area contributed by atoms with Crippen LogP contribution in [-0.2, 0) is 4.74 Å². The van der Waals surface area contributed by atoms with Crippen molar-refractivity contribution < 1.29 is 9.53 Å². The summed E-state index contributed by atoms with van der Waals surface area (Å²) in [5, 5.41) is 4.01. The molecule has 3 aromatic rings. The van der Waals surface area contributed by atoms with Crippen LogP contribution in [0.2, 0.25) is 0 Å². The molecule has 1 amide bonds. The van der Waals surface area contributed by atoms with E-state index in [4.69, 9.17) is 4.74 Å². The van der Waals surface area contributed by atoms with Crippen molar-refractivity contribution in [2.75, 3.05) is 25.0 Å². The largest absolute Gasteiger partial charge is 0.368 e. The lowest BCUT2D eigenvalue weighted by Crippen LogP contribution is -2.42. The molecule has 0 radical (unpaired) electrons. The molecule has 1 fully saturated rings. The Labute approximate surface area is 161 Å². The Balaban J connectivity index is 1.48. The minimum Gasteiger partial charge on any atom is -0.368 e. The zero-order valence-corrected chi connectivity index (χ0v) is 15.6. The van der Waals surface area contributed by atoms with Gasteiger partial charge in [0.25, 0.3) is 5.91 Å². The Bertz CT molecular complexity index is 931. The average molecular weight is 381 g/mol. The van der Waals surface area contributed by atoms with Crippen LogP contribution in [0.3, 0.4) is 0 Å². The number of amides is 1. The molecule has 27 heavy (non-hydrogen) atoms. The van der Waals surface area contributed by atoms with Crippen molar-refractivity contribution in [1.82, 2.24) is 19.9 Å². The van der Waals surface area contributed by atoms with E-state index in [0.717, 1.165) is 15.7 Å². The van der Waals surface area contributed by atoms with E-state index in [9.17, 15) is 4.79 Å². The van der Waals surface area contributed by atoms with Gasteiger partial charge in [-0.2, -0.15) is 0 Å². The van der Waals surface area contributed by atoms with Gasteiger partial charge in [0.1, 0.15) is 17.6 Å². The number of pyridine rings is 2. The Hall–Kier alpha value is -2.84. The molecule has 1 unspecified atom stereocenters. The fourth-order valence-corrected chi connectivity index (χ4v) is 3.56. The van der Waals surface area contributed by atoms with Crippen molar-refractivity contribution in [1.29, 1.82) is 0 Å². The predicted molar refractivity (Wildman–Crippen MR) is 103 cm³/mol. The number of aryl methyl sites for hydroxylation is 1. The maximum Gasteiger partial charge on any atom is 0.272 e. The Kier molecular flexibility index (Phi) is 5.08. The number of anilines is 2. The van der Waals surface area contributed by atoms with Crippen LogP contribution in [0.1, 0.15) is 27.2 Å². The molecule has 0 bridgehead atoms. The third-order valence-corrected chi connectivity index (χ3v) is 5.02. The first-order chi connectivity index (χ1) is 13.2. The molecule has 8 heteroatoms. The van der Waals surface area contributed by atoms with Crippen LogP contribution in [-0.4, -0.2) is 45.5 Å². The first-order valence-corrected chi connectivity index (χ1v) is 9.49. The summed E-state index contributed by atoms with van der Waals surface area (Å²) < 4.78 is 5.87. The molecule has 0 spiro atoms. The molecule has 4 heterocycles. The third kappa shape index (κ3) is 4.12. The van der Waals surface area contributed by atoms with Gasteiger partial charge in [-0.05, 0) is 31.2 Å². The van der Waals surface area contributed by atoms with Gasteiger partial charge in [-0.25, -0.2) is 9.97 Å². The summed E-state index contributed by atoms with van der Waals surface area (Å²) in [6, 6.07) is 11.1. The summed E-state index contributed by atoms with van der Waals surface area (Å²) >= 11 is 1.57. The molecule has 1 N–H and O–H groups in total. The number of carbonyl (C=O) groups is 1. The quantitative estimate of drug-likeness (QED) is 0.748. The van der Waals surface area contributed by atoms with Crippen LogP contribution < -0.4 is 5.32 Å². The van der Waals surface area contributed by atoms with E-state index in [1.807, 2.05) is 37.4 Å². The number of aromatic nitrogens is 3. The summed E-state index contributed by atoms with van der Waals surface area (Å²) in [5.74, 6) is 0.620. The fourth-order valence-electron chi connectivity index (χ4n) is 2.89. The second kappa shape index (κ2) is 7.81. The van der Waals surface area contributed by atoms with Gasteiger partial charge in [0.15, 0.2) is 5.13 Å². The van der Waals surface area contributed by atoms with Crippen molar-refractivity contribution in [3.63, 3.8) is 0 Å². The summed E-state index contributed by atoms with van der Waals surface area (Å²) in [6.07, 6.45) is 3.18. The molecule has 138 valence electrons. The number of morpholine rings is 1. The van der Waals surface area contributed by atoms with Gasteiger partial charge in [0.2, 0.25) is 0 Å². The number of thiazole rings is 1. The zero-order valence-electron chi connectivity index (χ0n) is 14.8. The lowest BCUT2D eigenvalue weighted by molar-refractivity contribution is -0.0248. The topological polar surface area (TPSA) is 80.2 Å². The van der Waals surface area contributed by atoms with Crippen LogP contribution >= 0.6 is 11.3 Å². The van der Waals surface area contributed by atoms with Gasteiger partial charge in [0, 0.05) is 23.8 Å². The van der Waals surface area contributed by atoms with Crippen LogP contribution in [0.25, 0.3) is 0 Å². The second-order valence-electron chi connectivity index (χ2n) is 6.17. The number of ether oxygens (including phenoxy) is 1. The van der Waals surface area contributed by atoms with E-state index in [-0.39, 0.29) is 12.0 Å². The fraction of sp³-hybridized carbons (Fsp3) is 0.263. The van der Waals surface area contributed by atoms with Crippen LogP contribution in [0, 0.1) is 6.92 Å². The maximum absolute atomic E-state index is 12.7. The molecule has 1 atom stereocenters. The number of hydrogen-bond acceptors (Lipinski definition) is 7. The van der Waals surface area contributed by atoms with Crippen LogP contribution in [0.15, 0.2) is 48.8 Å². The Morgan fingerprint density at radius 3 is 2.96 bits per heavy atom. The summed E-state index contributed by atoms with van der Waals surface area (Å²) in [4.78, 5) is 28.6. The standard InChI is InChI=1S/C19H19N5O2S/c1-13-11-21-19(27-13)23-17-7-4-6-14(22-17)16-12-24(9-10-26-16)18(25)15-5-2-3-8-20-15/h2-8,11,16H,9-10,12H2,1H3,(H,21,22,23). The van der Waals surface area contributed by atoms with Gasteiger partial charge < -0.3 is 15.0 Å². The van der Waals surface area contributed by atoms with E-state index in [1.165, 1.54) is 0 Å². The highest BCUT2D eigenvalue weighted by Gasteiger charge is 2.27. The molecule has 1 saturated heterocycles. The zero-order chi connectivity index (χ0) is 18.6. The van der Waals surface area contributed by atoms with E-state index >= 15 is 0 Å². The van der Waals surface area contributed by atoms with Crippen molar-refractivity contribution >= 4 is 28.2 Å². The molecule has 0 aliphatic carbocycles. The number of carbonyl (C=O) groups excluding carboxylic acids is 1. The Morgan fingerprint density at radius 2 is 2.19 bits per heavy atom. The summed E-state index contributed by atoms with van der Waals surface area (Å²) in [5.41, 5.74) is 1.23. The normalized spacial score (nSPS) is 16.9. The van der Waals surface area contributed by atoms with Gasteiger partial charge in [-0.15, -0.1) is 11.3 Å². The van der Waals surface area contributed by atoms with Gasteiger partial charge in [0.05, 0.1) is 18.8 Å². The van der Waals surface area contributed by atoms with E-state index in [1.54, 1.807) is 34.6 Å². The van der Waals surface area contributed by atoms with Crippen LogP contribution in [0.5, 0.6) is 0 Å². The van der Waals surface area contributed by atoms with E-state index < -0.39 is 0 Å². The second-order valence-corrected chi connectivity index (χ2v) is 7.41. The number of nitrogens with one attached hydrogen (secondary N) is 1. The molecular weight excluding hydrogens is 362 g/mol. The summed E-state index contributed by atoms with van der Waals surface area (Å²) in [6.45, 7) is 3.47. The molecule has 0 saturated carbocycles. The molecule has 1 aliphatic heterocycles. The third-order valence-electron chi connectivity index (χ3n) is 4.19. The lowest BCUT2D eigenvalue weighted by atomic mass is 10.1. The smallest absolute Gasteiger partial charge is 0.272 e. The summed E-state index contributed by atoms with van der Waals surface area (Å²) in [7, 11) is 0. The average Bonchev–Trinajstić information content (AvgIpc) is 3.13. The van der Waals surface area contributed by atoms with Crippen LogP contribution in [0.4, 0.5) is 10.9 Å². The first-order valence-electron chi connectivity index (χ1n) is 8.67. The number of nitrogens with zero attached hydrogens (tertiary/aromatic N) is 4. The van der Waals surface area contributed by atoms with E-state index in [2.05, 4.69) is 20.3 Å². The minimum atomic E-state index is -0.272. The van der Waals surface area contributed by atoms with Gasteiger partial charge in [-0.3, -0.25) is 9.78 Å². The van der Waals surface area contributed by atoms with Crippen molar-refractivity contribution in [2.45, 2.75) is 13.0 Å². The molecule has 1 aliphatic rings. The molecule has 0 aromatic carbocycles. The molecule has 4 rings (SSSR count). The van der Waals surface area contributed by atoms with Crippen molar-refractivity contribution in [3.8, 4) is 0 Å².